The standard InChI is InChI=1S/C15H26N2O3/c1-14(2,12(18)19)15(3,4)17-13(20)16-10-11-8-6-5-7-9-11/h5-6,11H,7-10H2,1-4H3,(H,18,19)(H2,16,17,20). The van der Waals surface area contributed by atoms with Gasteiger partial charge in [0.2, 0.25) is 0 Å². The molecule has 0 saturated carbocycles. The van der Waals surface area contributed by atoms with Crippen molar-refractivity contribution in [1.82, 2.24) is 10.6 Å². The lowest BCUT2D eigenvalue weighted by molar-refractivity contribution is -0.150. The van der Waals surface area contributed by atoms with Crippen molar-refractivity contribution in [2.45, 2.75) is 52.5 Å². The molecule has 3 N–H and O–H groups in total. The molecule has 1 aliphatic carbocycles. The normalized spacial score (nSPS) is 19.5. The van der Waals surface area contributed by atoms with Gasteiger partial charge in [-0.1, -0.05) is 12.2 Å². The van der Waals surface area contributed by atoms with E-state index < -0.39 is 16.9 Å². The number of carbonyl (C=O) groups excluding carboxylic acids is 1. The first-order valence-corrected chi connectivity index (χ1v) is 7.11. The molecule has 0 aliphatic heterocycles. The molecular weight excluding hydrogens is 256 g/mol. The van der Waals surface area contributed by atoms with Crippen molar-refractivity contribution < 1.29 is 14.7 Å². The maximum Gasteiger partial charge on any atom is 0.315 e. The molecule has 114 valence electrons. The second kappa shape index (κ2) is 6.29. The lowest BCUT2D eigenvalue weighted by Gasteiger charge is -2.38. The fourth-order valence-electron chi connectivity index (χ4n) is 2.03. The van der Waals surface area contributed by atoms with E-state index in [2.05, 4.69) is 22.8 Å². The van der Waals surface area contributed by atoms with Gasteiger partial charge in [-0.3, -0.25) is 4.79 Å². The van der Waals surface area contributed by atoms with Crippen LogP contribution in [0.15, 0.2) is 12.2 Å². The average Bonchev–Trinajstić information content (AvgIpc) is 2.36. The summed E-state index contributed by atoms with van der Waals surface area (Å²) in [5.74, 6) is -0.457. The zero-order valence-corrected chi connectivity index (χ0v) is 12.8. The molecule has 5 nitrogen and oxygen atoms in total. The van der Waals surface area contributed by atoms with Crippen LogP contribution in [-0.4, -0.2) is 29.2 Å². The Morgan fingerprint density at radius 3 is 2.40 bits per heavy atom. The second-order valence-electron chi connectivity index (χ2n) is 6.54. The molecule has 0 heterocycles. The minimum absolute atomic E-state index is 0.307. The zero-order valence-electron chi connectivity index (χ0n) is 12.8. The summed E-state index contributed by atoms with van der Waals surface area (Å²) in [6, 6.07) is -0.307. The van der Waals surface area contributed by atoms with Crippen LogP contribution < -0.4 is 10.6 Å². The third-order valence-electron chi connectivity index (χ3n) is 4.45. The molecule has 1 aliphatic rings. The van der Waals surface area contributed by atoms with Crippen molar-refractivity contribution in [3.8, 4) is 0 Å². The summed E-state index contributed by atoms with van der Waals surface area (Å²) in [5, 5.41) is 14.9. The maximum atomic E-state index is 11.9. The maximum absolute atomic E-state index is 11.9. The van der Waals surface area contributed by atoms with Crippen LogP contribution in [0.5, 0.6) is 0 Å². The summed E-state index contributed by atoms with van der Waals surface area (Å²) >= 11 is 0. The number of nitrogens with one attached hydrogen (secondary N) is 2. The highest BCUT2D eigenvalue weighted by molar-refractivity contribution is 5.79. The molecule has 0 saturated heterocycles. The van der Waals surface area contributed by atoms with Crippen LogP contribution in [-0.2, 0) is 4.79 Å². The van der Waals surface area contributed by atoms with Crippen molar-refractivity contribution in [2.24, 2.45) is 11.3 Å². The van der Waals surface area contributed by atoms with E-state index >= 15 is 0 Å². The van der Waals surface area contributed by atoms with E-state index in [9.17, 15) is 14.7 Å². The first-order valence-electron chi connectivity index (χ1n) is 7.11. The Bertz CT molecular complexity index is 400. The van der Waals surface area contributed by atoms with E-state index in [1.54, 1.807) is 27.7 Å². The molecule has 5 heteroatoms. The molecule has 20 heavy (non-hydrogen) atoms. The number of carboxylic acids is 1. The van der Waals surface area contributed by atoms with Crippen LogP contribution in [0.25, 0.3) is 0 Å². The molecular formula is C15H26N2O3. The van der Waals surface area contributed by atoms with Crippen molar-refractivity contribution in [1.29, 1.82) is 0 Å². The van der Waals surface area contributed by atoms with Gasteiger partial charge in [0.25, 0.3) is 0 Å². The molecule has 0 aromatic rings. The Hall–Kier alpha value is -1.52. The van der Waals surface area contributed by atoms with Crippen LogP contribution in [0.3, 0.4) is 0 Å². The predicted octanol–water partition coefficient (Wildman–Crippen LogP) is 2.53. The molecule has 0 bridgehead atoms. The summed E-state index contributed by atoms with van der Waals surface area (Å²) in [4.78, 5) is 23.2. The highest BCUT2D eigenvalue weighted by Gasteiger charge is 2.44. The van der Waals surface area contributed by atoms with Gasteiger partial charge >= 0.3 is 12.0 Å². The lowest BCUT2D eigenvalue weighted by atomic mass is 9.74. The average molecular weight is 282 g/mol. The quantitative estimate of drug-likeness (QED) is 0.678. The van der Waals surface area contributed by atoms with Gasteiger partial charge in [-0.25, -0.2) is 4.79 Å². The predicted molar refractivity (Wildman–Crippen MR) is 78.5 cm³/mol. The highest BCUT2D eigenvalue weighted by Crippen LogP contribution is 2.30. The number of amides is 2. The Labute approximate surface area is 120 Å². The Balaban J connectivity index is 2.48. The Morgan fingerprint density at radius 2 is 1.90 bits per heavy atom. The molecule has 0 radical (unpaired) electrons. The van der Waals surface area contributed by atoms with E-state index in [1.807, 2.05) is 0 Å². The van der Waals surface area contributed by atoms with Gasteiger partial charge < -0.3 is 15.7 Å². The summed E-state index contributed by atoms with van der Waals surface area (Å²) in [6.45, 7) is 7.30. The fraction of sp³-hybridized carbons (Fsp3) is 0.733. The summed E-state index contributed by atoms with van der Waals surface area (Å²) in [5.41, 5.74) is -1.88. The topological polar surface area (TPSA) is 78.4 Å². The van der Waals surface area contributed by atoms with Crippen LogP contribution in [0, 0.1) is 11.3 Å². The van der Waals surface area contributed by atoms with E-state index in [-0.39, 0.29) is 6.03 Å². The Morgan fingerprint density at radius 1 is 1.25 bits per heavy atom. The Kier molecular flexibility index (Phi) is 5.20. The van der Waals surface area contributed by atoms with Crippen LogP contribution in [0.1, 0.15) is 47.0 Å². The van der Waals surface area contributed by atoms with E-state index in [1.165, 1.54) is 0 Å². The molecule has 0 aromatic heterocycles. The van der Waals surface area contributed by atoms with Gasteiger partial charge in [0.15, 0.2) is 0 Å². The van der Waals surface area contributed by atoms with Crippen molar-refractivity contribution in [3.63, 3.8) is 0 Å². The SMILES string of the molecule is CC(C)(NC(=O)NCC1CC=CCC1)C(C)(C)C(=O)O. The smallest absolute Gasteiger partial charge is 0.315 e. The van der Waals surface area contributed by atoms with E-state index in [0.717, 1.165) is 19.3 Å². The molecule has 0 aromatic carbocycles. The van der Waals surface area contributed by atoms with Crippen molar-refractivity contribution in [2.75, 3.05) is 6.54 Å². The first-order chi connectivity index (χ1) is 9.17. The van der Waals surface area contributed by atoms with Crippen LogP contribution in [0.4, 0.5) is 4.79 Å². The second-order valence-corrected chi connectivity index (χ2v) is 6.54. The molecule has 0 spiro atoms. The third-order valence-corrected chi connectivity index (χ3v) is 4.45. The molecule has 0 fully saturated rings. The summed E-state index contributed by atoms with van der Waals surface area (Å²) in [6.07, 6.45) is 7.44. The zero-order chi connectivity index (χ0) is 15.4. The van der Waals surface area contributed by atoms with Crippen molar-refractivity contribution >= 4 is 12.0 Å². The van der Waals surface area contributed by atoms with Gasteiger partial charge in [0.05, 0.1) is 11.0 Å². The minimum Gasteiger partial charge on any atom is -0.481 e. The minimum atomic E-state index is -1.04. The van der Waals surface area contributed by atoms with Gasteiger partial charge in [0, 0.05) is 6.54 Å². The van der Waals surface area contributed by atoms with Gasteiger partial charge in [0.1, 0.15) is 0 Å². The number of aliphatic carboxylic acids is 1. The molecule has 1 rings (SSSR count). The largest absolute Gasteiger partial charge is 0.481 e. The number of allylic oxidation sites excluding steroid dienone is 2. The van der Waals surface area contributed by atoms with E-state index in [4.69, 9.17) is 0 Å². The van der Waals surface area contributed by atoms with E-state index in [0.29, 0.717) is 12.5 Å². The number of carboxylic acid groups (broad SMARTS) is 1. The third kappa shape index (κ3) is 3.99. The number of carbonyl (C=O) groups is 2. The molecule has 2 amide bonds. The highest BCUT2D eigenvalue weighted by atomic mass is 16.4. The molecule has 1 atom stereocenters. The first kappa shape index (κ1) is 16.5. The van der Waals surface area contributed by atoms with Gasteiger partial charge in [-0.15, -0.1) is 0 Å². The molecule has 1 unspecified atom stereocenters. The monoisotopic (exact) mass is 282 g/mol. The van der Waals surface area contributed by atoms with Crippen LogP contribution in [0.2, 0.25) is 0 Å². The number of urea groups is 1. The van der Waals surface area contributed by atoms with Crippen molar-refractivity contribution in [3.05, 3.63) is 12.2 Å². The number of rotatable bonds is 5. The van der Waals surface area contributed by atoms with Gasteiger partial charge in [-0.2, -0.15) is 0 Å². The summed E-state index contributed by atoms with van der Waals surface area (Å²) < 4.78 is 0. The lowest BCUT2D eigenvalue weighted by Crippen LogP contribution is -2.59. The van der Waals surface area contributed by atoms with Crippen LogP contribution >= 0.6 is 0 Å². The fourth-order valence-corrected chi connectivity index (χ4v) is 2.03. The van der Waals surface area contributed by atoms with Gasteiger partial charge in [-0.05, 0) is 52.9 Å². The number of hydrogen-bond donors (Lipinski definition) is 3. The summed E-state index contributed by atoms with van der Waals surface area (Å²) in [7, 11) is 0. The number of hydrogen-bond acceptors (Lipinski definition) is 2.